The Balaban J connectivity index is 2.06. The van der Waals surface area contributed by atoms with E-state index in [2.05, 4.69) is 39.4 Å². The molecule has 0 atom stereocenters. The predicted molar refractivity (Wildman–Crippen MR) is 80.1 cm³/mol. The third kappa shape index (κ3) is 3.49. The maximum absolute atomic E-state index is 5.55. The molecule has 0 radical (unpaired) electrons. The van der Waals surface area contributed by atoms with Crippen molar-refractivity contribution < 1.29 is 4.74 Å². The lowest BCUT2D eigenvalue weighted by molar-refractivity contribution is 0.222. The average Bonchev–Trinajstić information content (AvgIpc) is 3.16. The molecule has 1 aliphatic carbocycles. The summed E-state index contributed by atoms with van der Waals surface area (Å²) >= 11 is 0. The summed E-state index contributed by atoms with van der Waals surface area (Å²) < 4.78 is 5.55. The van der Waals surface area contributed by atoms with Crippen LogP contribution in [-0.2, 0) is 0 Å². The van der Waals surface area contributed by atoms with Gasteiger partial charge in [-0.3, -0.25) is 0 Å². The summed E-state index contributed by atoms with van der Waals surface area (Å²) in [5.41, 5.74) is 0.408. The van der Waals surface area contributed by atoms with Crippen LogP contribution >= 0.6 is 0 Å². The van der Waals surface area contributed by atoms with Crippen molar-refractivity contribution in [3.8, 4) is 6.01 Å². The highest BCUT2D eigenvalue weighted by atomic mass is 16.5. The van der Waals surface area contributed by atoms with Gasteiger partial charge in [0, 0.05) is 13.6 Å². The number of aromatic nitrogens is 3. The molecule has 1 aromatic heterocycles. The van der Waals surface area contributed by atoms with Crippen LogP contribution in [0.25, 0.3) is 0 Å². The van der Waals surface area contributed by atoms with Crippen molar-refractivity contribution >= 4 is 11.9 Å². The Morgan fingerprint density at radius 2 is 1.75 bits per heavy atom. The maximum Gasteiger partial charge on any atom is 0.323 e. The molecule has 6 nitrogen and oxygen atoms in total. The molecule has 0 amide bonds. The van der Waals surface area contributed by atoms with Gasteiger partial charge in [0.05, 0.1) is 6.10 Å². The second-order valence-electron chi connectivity index (χ2n) is 6.05. The monoisotopic (exact) mass is 279 g/mol. The van der Waals surface area contributed by atoms with E-state index in [9.17, 15) is 0 Å². The molecule has 1 saturated carbocycles. The maximum atomic E-state index is 5.55. The number of rotatable bonds is 7. The standard InChI is InChI=1S/C14H25N5O/c1-9(2)14(6-7-14)8-16-12-17-11(15-5)18-13(19-12)20-10(3)4/h9-10H,6-8H2,1-5H3,(H2,15,16,17,18,19). The van der Waals surface area contributed by atoms with Crippen LogP contribution in [0.3, 0.4) is 0 Å². The van der Waals surface area contributed by atoms with E-state index in [4.69, 9.17) is 4.74 Å². The Kier molecular flexibility index (Phi) is 4.30. The lowest BCUT2D eigenvalue weighted by Crippen LogP contribution is -2.22. The number of hydrogen-bond acceptors (Lipinski definition) is 6. The Morgan fingerprint density at radius 1 is 1.10 bits per heavy atom. The molecule has 0 aromatic carbocycles. The van der Waals surface area contributed by atoms with Crippen LogP contribution in [0, 0.1) is 11.3 Å². The zero-order valence-electron chi connectivity index (χ0n) is 13.0. The van der Waals surface area contributed by atoms with Crippen molar-refractivity contribution in [2.24, 2.45) is 11.3 Å². The Bertz CT molecular complexity index is 457. The molecule has 1 fully saturated rings. The first kappa shape index (κ1) is 14.8. The number of nitrogens with zero attached hydrogens (tertiary/aromatic N) is 3. The minimum Gasteiger partial charge on any atom is -0.461 e. The minimum absolute atomic E-state index is 0.0420. The van der Waals surface area contributed by atoms with Crippen LogP contribution < -0.4 is 15.4 Å². The van der Waals surface area contributed by atoms with E-state index in [0.717, 1.165) is 6.54 Å². The van der Waals surface area contributed by atoms with Gasteiger partial charge in [0.15, 0.2) is 0 Å². The quantitative estimate of drug-likeness (QED) is 0.799. The fourth-order valence-electron chi connectivity index (χ4n) is 2.18. The molecule has 0 spiro atoms. The van der Waals surface area contributed by atoms with Crippen LogP contribution in [0.5, 0.6) is 6.01 Å². The molecule has 6 heteroatoms. The second kappa shape index (κ2) is 5.81. The van der Waals surface area contributed by atoms with Gasteiger partial charge in [-0.25, -0.2) is 0 Å². The molecule has 2 N–H and O–H groups in total. The van der Waals surface area contributed by atoms with Crippen molar-refractivity contribution in [2.45, 2.75) is 46.6 Å². The van der Waals surface area contributed by atoms with E-state index in [-0.39, 0.29) is 6.10 Å². The van der Waals surface area contributed by atoms with Gasteiger partial charge < -0.3 is 15.4 Å². The van der Waals surface area contributed by atoms with Crippen LogP contribution in [0.1, 0.15) is 40.5 Å². The topological polar surface area (TPSA) is 72.0 Å². The van der Waals surface area contributed by atoms with Crippen molar-refractivity contribution in [3.05, 3.63) is 0 Å². The van der Waals surface area contributed by atoms with E-state index in [0.29, 0.717) is 29.2 Å². The first-order valence-electron chi connectivity index (χ1n) is 7.29. The fourth-order valence-corrected chi connectivity index (χ4v) is 2.18. The second-order valence-corrected chi connectivity index (χ2v) is 6.05. The van der Waals surface area contributed by atoms with Gasteiger partial charge in [-0.15, -0.1) is 0 Å². The fraction of sp³-hybridized carbons (Fsp3) is 0.786. The van der Waals surface area contributed by atoms with E-state index in [1.807, 2.05) is 13.8 Å². The molecule has 0 bridgehead atoms. The molecule has 0 unspecified atom stereocenters. The molecule has 112 valence electrons. The molecule has 0 saturated heterocycles. The van der Waals surface area contributed by atoms with Gasteiger partial charge in [-0.2, -0.15) is 15.0 Å². The normalized spacial score (nSPS) is 16.4. The summed E-state index contributed by atoms with van der Waals surface area (Å²) in [6.07, 6.45) is 2.59. The molecule has 20 heavy (non-hydrogen) atoms. The van der Waals surface area contributed by atoms with Crippen LogP contribution in [0.4, 0.5) is 11.9 Å². The number of anilines is 2. The number of nitrogens with one attached hydrogen (secondary N) is 2. The summed E-state index contributed by atoms with van der Waals surface area (Å²) in [5.74, 6) is 1.77. The lowest BCUT2D eigenvalue weighted by Gasteiger charge is -2.20. The summed E-state index contributed by atoms with van der Waals surface area (Å²) in [6, 6.07) is 0.358. The summed E-state index contributed by atoms with van der Waals surface area (Å²) in [6.45, 7) is 9.35. The highest BCUT2D eigenvalue weighted by molar-refractivity contribution is 5.36. The zero-order valence-corrected chi connectivity index (χ0v) is 13.0. The summed E-state index contributed by atoms with van der Waals surface area (Å²) in [5, 5.41) is 6.27. The van der Waals surface area contributed by atoms with Gasteiger partial charge in [0.2, 0.25) is 11.9 Å². The van der Waals surface area contributed by atoms with Crippen molar-refractivity contribution in [3.63, 3.8) is 0 Å². The highest BCUT2D eigenvalue weighted by Gasteiger charge is 2.45. The minimum atomic E-state index is 0.0420. The Morgan fingerprint density at radius 3 is 2.25 bits per heavy atom. The molecule has 0 aliphatic heterocycles. The lowest BCUT2D eigenvalue weighted by atomic mass is 9.92. The van der Waals surface area contributed by atoms with Gasteiger partial charge in [0.25, 0.3) is 0 Å². The third-order valence-electron chi connectivity index (χ3n) is 3.90. The van der Waals surface area contributed by atoms with Crippen molar-refractivity contribution in [1.29, 1.82) is 0 Å². The first-order chi connectivity index (χ1) is 9.45. The van der Waals surface area contributed by atoms with Crippen LogP contribution in [-0.4, -0.2) is 34.6 Å². The Labute approximate surface area is 120 Å². The zero-order chi connectivity index (χ0) is 14.8. The SMILES string of the molecule is CNc1nc(NCC2(C(C)C)CC2)nc(OC(C)C)n1. The predicted octanol–water partition coefficient (Wildman–Crippen LogP) is 2.55. The first-order valence-corrected chi connectivity index (χ1v) is 7.29. The molecule has 1 heterocycles. The summed E-state index contributed by atoms with van der Waals surface area (Å²) in [7, 11) is 1.79. The van der Waals surface area contributed by atoms with E-state index in [1.165, 1.54) is 12.8 Å². The molecule has 1 aliphatic rings. The third-order valence-corrected chi connectivity index (χ3v) is 3.90. The van der Waals surface area contributed by atoms with Crippen molar-refractivity contribution in [2.75, 3.05) is 24.2 Å². The van der Waals surface area contributed by atoms with E-state index < -0.39 is 0 Å². The molecular formula is C14H25N5O. The molecule has 1 aromatic rings. The van der Waals surface area contributed by atoms with E-state index >= 15 is 0 Å². The Hall–Kier alpha value is -1.59. The van der Waals surface area contributed by atoms with Crippen molar-refractivity contribution in [1.82, 2.24) is 15.0 Å². The molecular weight excluding hydrogens is 254 g/mol. The highest BCUT2D eigenvalue weighted by Crippen LogP contribution is 2.51. The van der Waals surface area contributed by atoms with E-state index in [1.54, 1.807) is 7.05 Å². The largest absolute Gasteiger partial charge is 0.461 e. The summed E-state index contributed by atoms with van der Waals surface area (Å²) in [4.78, 5) is 12.8. The van der Waals surface area contributed by atoms with Gasteiger partial charge in [-0.05, 0) is 38.0 Å². The number of hydrogen-bond donors (Lipinski definition) is 2. The van der Waals surface area contributed by atoms with Crippen LogP contribution in [0.15, 0.2) is 0 Å². The van der Waals surface area contributed by atoms with Gasteiger partial charge >= 0.3 is 6.01 Å². The number of ether oxygens (including phenoxy) is 1. The van der Waals surface area contributed by atoms with Crippen LogP contribution in [0.2, 0.25) is 0 Å². The average molecular weight is 279 g/mol. The van der Waals surface area contributed by atoms with Gasteiger partial charge in [0.1, 0.15) is 0 Å². The van der Waals surface area contributed by atoms with Gasteiger partial charge in [-0.1, -0.05) is 13.8 Å². The molecule has 2 rings (SSSR count). The smallest absolute Gasteiger partial charge is 0.323 e.